The van der Waals surface area contributed by atoms with E-state index in [1.165, 1.54) is 0 Å². The number of aliphatic imine (C=N–C) groups is 1. The lowest BCUT2D eigenvalue weighted by Crippen LogP contribution is -2.12. The van der Waals surface area contributed by atoms with E-state index in [1.54, 1.807) is 31.8 Å². The van der Waals surface area contributed by atoms with Gasteiger partial charge in [-0.3, -0.25) is 4.99 Å². The summed E-state index contributed by atoms with van der Waals surface area (Å²) in [5.41, 5.74) is 2.12. The Kier molecular flexibility index (Phi) is 6.24. The predicted molar refractivity (Wildman–Crippen MR) is 81.8 cm³/mol. The van der Waals surface area contributed by atoms with Gasteiger partial charge >= 0.3 is 5.97 Å². The van der Waals surface area contributed by atoms with Crippen molar-refractivity contribution in [3.63, 3.8) is 0 Å². The molecule has 1 aromatic carbocycles. The van der Waals surface area contributed by atoms with Crippen LogP contribution in [0.25, 0.3) is 0 Å². The first-order chi connectivity index (χ1) is 9.43. The largest absolute Gasteiger partial charge is 0.482 e. The Balaban J connectivity index is 2.68. The molecule has 1 rings (SSSR count). The first-order valence-corrected chi connectivity index (χ1v) is 7.01. The van der Waals surface area contributed by atoms with Gasteiger partial charge in [0, 0.05) is 17.7 Å². The maximum Gasteiger partial charge on any atom is 0.341 e. The summed E-state index contributed by atoms with van der Waals surface area (Å²) in [7, 11) is 1.68. The van der Waals surface area contributed by atoms with Gasteiger partial charge in [-0.25, -0.2) is 4.79 Å². The third kappa shape index (κ3) is 5.05. The molecule has 0 saturated heterocycles. The molecule has 1 aromatic rings. The van der Waals surface area contributed by atoms with Crippen LogP contribution in [0, 0.1) is 12.3 Å². The van der Waals surface area contributed by atoms with E-state index >= 15 is 0 Å². The number of aryl methyl sites for hydroxylation is 1. The fraction of sp³-hybridized carbons (Fsp3) is 0.357. The van der Waals surface area contributed by atoms with Crippen molar-refractivity contribution in [3.05, 3.63) is 23.8 Å². The molecule has 0 atom stereocenters. The van der Waals surface area contributed by atoms with E-state index in [4.69, 9.17) is 15.3 Å². The second-order valence-electron chi connectivity index (χ2n) is 4.19. The highest BCUT2D eigenvalue weighted by molar-refractivity contribution is 8.00. The molecule has 5 nitrogen and oxygen atoms in total. The van der Waals surface area contributed by atoms with E-state index in [-0.39, 0.29) is 6.61 Å². The lowest BCUT2D eigenvalue weighted by Gasteiger charge is -2.09. The van der Waals surface area contributed by atoms with E-state index in [1.807, 2.05) is 19.1 Å². The molecule has 0 aliphatic carbocycles. The summed E-state index contributed by atoms with van der Waals surface area (Å²) in [5.74, 6) is 0.220. The number of carbonyl (C=O) groups is 1. The summed E-state index contributed by atoms with van der Waals surface area (Å²) in [6.45, 7) is 3.25. The smallest absolute Gasteiger partial charge is 0.341 e. The molecule has 0 fully saturated rings. The molecule has 20 heavy (non-hydrogen) atoms. The van der Waals surface area contributed by atoms with Crippen LogP contribution in [0.4, 0.5) is 0 Å². The fourth-order valence-corrected chi connectivity index (χ4v) is 2.58. The Morgan fingerprint density at radius 1 is 1.50 bits per heavy atom. The summed E-state index contributed by atoms with van der Waals surface area (Å²) in [6, 6.07) is 5.58. The first kappa shape index (κ1) is 16.2. The van der Waals surface area contributed by atoms with E-state index in [2.05, 4.69) is 4.99 Å². The topological polar surface area (TPSA) is 82.7 Å². The maximum absolute atomic E-state index is 10.5. The molecular formula is C14H18N2O3S. The van der Waals surface area contributed by atoms with Gasteiger partial charge in [0.15, 0.2) is 6.61 Å². The van der Waals surface area contributed by atoms with Crippen LogP contribution < -0.4 is 4.74 Å². The molecule has 0 spiro atoms. The van der Waals surface area contributed by atoms with Gasteiger partial charge in [0.1, 0.15) is 5.75 Å². The number of aliphatic carboxylic acids is 1. The number of ether oxygens (including phenoxy) is 1. The molecular weight excluding hydrogens is 276 g/mol. The molecule has 0 heterocycles. The minimum atomic E-state index is -0.992. The van der Waals surface area contributed by atoms with Crippen LogP contribution in [0.5, 0.6) is 5.75 Å². The Bertz CT molecular complexity index is 541. The summed E-state index contributed by atoms with van der Waals surface area (Å²) in [4.78, 5) is 15.6. The zero-order chi connectivity index (χ0) is 15.1. The Hall–Kier alpha value is -1.82. The molecule has 0 aliphatic rings. The molecule has 2 N–H and O–H groups in total. The number of carboxylic acid groups (broad SMARTS) is 1. The van der Waals surface area contributed by atoms with Crippen LogP contribution in [0.3, 0.4) is 0 Å². The summed E-state index contributed by atoms with van der Waals surface area (Å²) < 4.78 is 5.17. The van der Waals surface area contributed by atoms with Gasteiger partial charge in [0.05, 0.1) is 11.4 Å². The van der Waals surface area contributed by atoms with Crippen molar-refractivity contribution in [3.8, 4) is 5.75 Å². The third-order valence-corrected chi connectivity index (χ3v) is 3.58. The second kappa shape index (κ2) is 7.69. The zero-order valence-electron chi connectivity index (χ0n) is 11.8. The molecule has 0 saturated carbocycles. The number of benzene rings is 1. The quantitative estimate of drug-likeness (QED) is 0.598. The van der Waals surface area contributed by atoms with E-state index in [0.717, 1.165) is 16.2 Å². The molecule has 6 heteroatoms. The molecule has 0 radical (unpaired) electrons. The molecule has 0 aromatic heterocycles. The van der Waals surface area contributed by atoms with Crippen molar-refractivity contribution in [1.29, 1.82) is 5.41 Å². The number of carboxylic acids is 1. The van der Waals surface area contributed by atoms with Gasteiger partial charge in [-0.1, -0.05) is 0 Å². The van der Waals surface area contributed by atoms with Gasteiger partial charge in [-0.05, 0) is 37.6 Å². The molecule has 0 unspecified atom stereocenters. The minimum absolute atomic E-state index is 0.340. The standard InChI is InChI=1S/C14H18N2O3S/c1-9-6-11(20-8-12(16-3)10(2)15)4-5-13(9)19-7-14(17)18/h4-6,15H,7-8H2,1-3H3,(H,17,18). The van der Waals surface area contributed by atoms with Gasteiger partial charge in [0.2, 0.25) is 0 Å². The van der Waals surface area contributed by atoms with Crippen molar-refractivity contribution in [2.75, 3.05) is 19.4 Å². The van der Waals surface area contributed by atoms with Crippen molar-refractivity contribution < 1.29 is 14.6 Å². The summed E-state index contributed by atoms with van der Waals surface area (Å²) in [5, 5.41) is 16.2. The third-order valence-electron chi connectivity index (χ3n) is 2.58. The molecule has 0 bridgehead atoms. The van der Waals surface area contributed by atoms with Crippen LogP contribution in [0.2, 0.25) is 0 Å². The van der Waals surface area contributed by atoms with Crippen LogP contribution in [-0.2, 0) is 4.79 Å². The lowest BCUT2D eigenvalue weighted by atomic mass is 10.2. The van der Waals surface area contributed by atoms with Crippen LogP contribution >= 0.6 is 11.8 Å². The van der Waals surface area contributed by atoms with Gasteiger partial charge in [0.25, 0.3) is 0 Å². The number of hydrogen-bond acceptors (Lipinski definition) is 5. The Morgan fingerprint density at radius 3 is 2.70 bits per heavy atom. The normalized spacial score (nSPS) is 11.2. The van der Waals surface area contributed by atoms with Crippen LogP contribution in [0.15, 0.2) is 28.1 Å². The van der Waals surface area contributed by atoms with E-state index in [0.29, 0.717) is 17.2 Å². The Morgan fingerprint density at radius 2 is 2.20 bits per heavy atom. The first-order valence-electron chi connectivity index (χ1n) is 6.03. The van der Waals surface area contributed by atoms with Crippen LogP contribution in [0.1, 0.15) is 12.5 Å². The van der Waals surface area contributed by atoms with Crippen molar-refractivity contribution in [2.24, 2.45) is 4.99 Å². The van der Waals surface area contributed by atoms with Gasteiger partial charge in [-0.2, -0.15) is 0 Å². The number of rotatable bonds is 7. The van der Waals surface area contributed by atoms with Gasteiger partial charge < -0.3 is 15.3 Å². The highest BCUT2D eigenvalue weighted by Gasteiger charge is 2.06. The maximum atomic E-state index is 10.5. The van der Waals surface area contributed by atoms with E-state index in [9.17, 15) is 4.79 Å². The number of thioether (sulfide) groups is 1. The number of hydrogen-bond donors (Lipinski definition) is 2. The number of nitrogens with zero attached hydrogens (tertiary/aromatic N) is 1. The van der Waals surface area contributed by atoms with E-state index < -0.39 is 5.97 Å². The monoisotopic (exact) mass is 294 g/mol. The second-order valence-corrected chi connectivity index (χ2v) is 5.24. The average Bonchev–Trinajstić information content (AvgIpc) is 2.37. The van der Waals surface area contributed by atoms with Gasteiger partial charge in [-0.15, -0.1) is 11.8 Å². The number of nitrogens with one attached hydrogen (secondary N) is 1. The van der Waals surface area contributed by atoms with Crippen molar-refractivity contribution in [1.82, 2.24) is 0 Å². The molecule has 0 amide bonds. The highest BCUT2D eigenvalue weighted by Crippen LogP contribution is 2.25. The lowest BCUT2D eigenvalue weighted by molar-refractivity contribution is -0.139. The molecule has 108 valence electrons. The zero-order valence-corrected chi connectivity index (χ0v) is 12.6. The average molecular weight is 294 g/mol. The summed E-state index contributed by atoms with van der Waals surface area (Å²) in [6.07, 6.45) is 0. The fourth-order valence-electron chi connectivity index (χ4n) is 1.51. The van der Waals surface area contributed by atoms with Crippen molar-refractivity contribution >= 4 is 29.2 Å². The highest BCUT2D eigenvalue weighted by atomic mass is 32.2. The minimum Gasteiger partial charge on any atom is -0.482 e. The van der Waals surface area contributed by atoms with Crippen molar-refractivity contribution in [2.45, 2.75) is 18.7 Å². The Labute approximate surface area is 122 Å². The SMILES string of the molecule is CN=C(CSc1ccc(OCC(=O)O)c(C)c1)C(C)=N. The summed E-state index contributed by atoms with van der Waals surface area (Å²) >= 11 is 1.59. The predicted octanol–water partition coefficient (Wildman–Crippen LogP) is 2.66. The molecule has 0 aliphatic heterocycles. The van der Waals surface area contributed by atoms with Crippen LogP contribution in [-0.4, -0.2) is 41.9 Å².